The SMILES string of the molecule is CC1CCCC(N(C)C(=O)NCCc2csc3ccccc23)C1. The summed E-state index contributed by atoms with van der Waals surface area (Å²) in [5, 5.41) is 6.62. The number of hydrogen-bond acceptors (Lipinski definition) is 2. The Morgan fingerprint density at radius 1 is 1.35 bits per heavy atom. The van der Waals surface area contributed by atoms with E-state index in [4.69, 9.17) is 0 Å². The highest BCUT2D eigenvalue weighted by molar-refractivity contribution is 7.17. The predicted octanol–water partition coefficient (Wildman–Crippen LogP) is 4.66. The van der Waals surface area contributed by atoms with Gasteiger partial charge < -0.3 is 10.2 Å². The van der Waals surface area contributed by atoms with Crippen LogP contribution in [-0.2, 0) is 6.42 Å². The van der Waals surface area contributed by atoms with Crippen LogP contribution in [0.15, 0.2) is 29.6 Å². The Labute approximate surface area is 142 Å². The van der Waals surface area contributed by atoms with Gasteiger partial charge in [0, 0.05) is 24.3 Å². The third-order valence-corrected chi connectivity index (χ3v) is 6.02. The summed E-state index contributed by atoms with van der Waals surface area (Å²) in [7, 11) is 1.94. The molecule has 0 saturated heterocycles. The van der Waals surface area contributed by atoms with E-state index >= 15 is 0 Å². The molecule has 1 aliphatic carbocycles. The van der Waals surface area contributed by atoms with Crippen molar-refractivity contribution in [3.05, 3.63) is 35.2 Å². The summed E-state index contributed by atoms with van der Waals surface area (Å²) in [6.07, 6.45) is 5.72. The van der Waals surface area contributed by atoms with Crippen molar-refractivity contribution in [1.82, 2.24) is 10.2 Å². The number of carbonyl (C=O) groups excluding carboxylic acids is 1. The summed E-state index contributed by atoms with van der Waals surface area (Å²) in [6, 6.07) is 8.95. The Morgan fingerprint density at radius 3 is 3.00 bits per heavy atom. The second-order valence-electron chi connectivity index (χ2n) is 6.78. The number of nitrogens with one attached hydrogen (secondary N) is 1. The van der Waals surface area contributed by atoms with Crippen molar-refractivity contribution in [1.29, 1.82) is 0 Å². The third kappa shape index (κ3) is 3.86. The molecule has 1 aromatic carbocycles. The van der Waals surface area contributed by atoms with Gasteiger partial charge in [-0.2, -0.15) is 0 Å². The summed E-state index contributed by atoms with van der Waals surface area (Å²) < 4.78 is 1.32. The average Bonchev–Trinajstić information content (AvgIpc) is 2.97. The van der Waals surface area contributed by atoms with E-state index in [0.717, 1.165) is 25.2 Å². The lowest BCUT2D eigenvalue weighted by atomic mass is 9.86. The molecule has 1 aliphatic rings. The van der Waals surface area contributed by atoms with Crippen molar-refractivity contribution >= 4 is 27.5 Å². The maximum absolute atomic E-state index is 12.4. The second-order valence-corrected chi connectivity index (χ2v) is 7.69. The summed E-state index contributed by atoms with van der Waals surface area (Å²) >= 11 is 1.78. The molecule has 3 nitrogen and oxygen atoms in total. The zero-order valence-electron chi connectivity index (χ0n) is 14.0. The fourth-order valence-electron chi connectivity index (χ4n) is 3.57. The first-order chi connectivity index (χ1) is 11.1. The van der Waals surface area contributed by atoms with Crippen molar-refractivity contribution in [2.45, 2.75) is 45.1 Å². The van der Waals surface area contributed by atoms with Crippen LogP contribution in [-0.4, -0.2) is 30.6 Å². The highest BCUT2D eigenvalue weighted by Crippen LogP contribution is 2.27. The van der Waals surface area contributed by atoms with Crippen LogP contribution in [0.2, 0.25) is 0 Å². The molecular formula is C19H26N2OS. The number of fused-ring (bicyclic) bond motifs is 1. The van der Waals surface area contributed by atoms with E-state index in [1.165, 1.54) is 28.5 Å². The largest absolute Gasteiger partial charge is 0.338 e. The van der Waals surface area contributed by atoms with Gasteiger partial charge in [0.15, 0.2) is 0 Å². The number of carbonyl (C=O) groups is 1. The van der Waals surface area contributed by atoms with Gasteiger partial charge in [0.2, 0.25) is 0 Å². The van der Waals surface area contributed by atoms with Gasteiger partial charge in [-0.1, -0.05) is 38.0 Å². The summed E-state index contributed by atoms with van der Waals surface area (Å²) in [6.45, 7) is 2.99. The maximum Gasteiger partial charge on any atom is 0.317 e. The molecule has 1 saturated carbocycles. The van der Waals surface area contributed by atoms with Crippen molar-refractivity contribution < 1.29 is 4.79 Å². The Kier molecular flexibility index (Phi) is 5.21. The molecule has 0 bridgehead atoms. The molecule has 4 heteroatoms. The number of hydrogen-bond donors (Lipinski definition) is 1. The van der Waals surface area contributed by atoms with Crippen LogP contribution >= 0.6 is 11.3 Å². The number of thiophene rings is 1. The lowest BCUT2D eigenvalue weighted by Gasteiger charge is -2.34. The lowest BCUT2D eigenvalue weighted by molar-refractivity contribution is 0.160. The summed E-state index contributed by atoms with van der Waals surface area (Å²) in [5.41, 5.74) is 1.33. The molecule has 2 atom stereocenters. The molecule has 0 radical (unpaired) electrons. The Bertz CT molecular complexity index is 666. The zero-order chi connectivity index (χ0) is 16.2. The second kappa shape index (κ2) is 7.35. The maximum atomic E-state index is 12.4. The van der Waals surface area contributed by atoms with Gasteiger partial charge in [0.25, 0.3) is 0 Å². The predicted molar refractivity (Wildman–Crippen MR) is 98.1 cm³/mol. The Balaban J connectivity index is 1.51. The van der Waals surface area contributed by atoms with Crippen molar-refractivity contribution in [2.24, 2.45) is 5.92 Å². The molecule has 1 N–H and O–H groups in total. The first kappa shape index (κ1) is 16.3. The lowest BCUT2D eigenvalue weighted by Crippen LogP contribution is -2.45. The van der Waals surface area contributed by atoms with Crippen LogP contribution in [0.3, 0.4) is 0 Å². The van der Waals surface area contributed by atoms with Gasteiger partial charge in [-0.3, -0.25) is 0 Å². The van der Waals surface area contributed by atoms with Crippen molar-refractivity contribution in [2.75, 3.05) is 13.6 Å². The minimum atomic E-state index is 0.0728. The van der Waals surface area contributed by atoms with Gasteiger partial charge in [-0.15, -0.1) is 11.3 Å². The van der Waals surface area contributed by atoms with Crippen molar-refractivity contribution in [3.8, 4) is 0 Å². The standard InChI is InChI=1S/C19H26N2OS/c1-14-6-5-7-16(12-14)21(2)19(22)20-11-10-15-13-23-18-9-4-3-8-17(15)18/h3-4,8-9,13-14,16H,5-7,10-12H2,1-2H3,(H,20,22). The van der Waals surface area contributed by atoms with Gasteiger partial charge in [-0.25, -0.2) is 4.79 Å². The van der Waals surface area contributed by atoms with Gasteiger partial charge in [0.1, 0.15) is 0 Å². The third-order valence-electron chi connectivity index (χ3n) is 5.01. The molecule has 3 rings (SSSR count). The van der Waals surface area contributed by atoms with Crippen LogP contribution in [0.25, 0.3) is 10.1 Å². The van der Waals surface area contributed by atoms with Crippen LogP contribution < -0.4 is 5.32 Å². The molecule has 1 fully saturated rings. The monoisotopic (exact) mass is 330 g/mol. The van der Waals surface area contributed by atoms with Crippen LogP contribution in [0.5, 0.6) is 0 Å². The fourth-order valence-corrected chi connectivity index (χ4v) is 4.57. The van der Waals surface area contributed by atoms with E-state index in [1.807, 2.05) is 11.9 Å². The molecule has 0 aliphatic heterocycles. The van der Waals surface area contributed by atoms with Crippen LogP contribution in [0, 0.1) is 5.92 Å². The minimum Gasteiger partial charge on any atom is -0.338 e. The molecule has 2 unspecified atom stereocenters. The Hall–Kier alpha value is -1.55. The topological polar surface area (TPSA) is 32.3 Å². The Morgan fingerprint density at radius 2 is 2.17 bits per heavy atom. The zero-order valence-corrected chi connectivity index (χ0v) is 14.9. The number of amides is 2. The van der Waals surface area contributed by atoms with Gasteiger partial charge in [0.05, 0.1) is 0 Å². The van der Waals surface area contributed by atoms with E-state index in [2.05, 4.69) is 41.9 Å². The molecule has 0 spiro atoms. The van der Waals surface area contributed by atoms with E-state index < -0.39 is 0 Å². The molecule has 124 valence electrons. The minimum absolute atomic E-state index is 0.0728. The fraction of sp³-hybridized carbons (Fsp3) is 0.526. The quantitative estimate of drug-likeness (QED) is 0.868. The molecular weight excluding hydrogens is 304 g/mol. The number of benzene rings is 1. The average molecular weight is 330 g/mol. The highest BCUT2D eigenvalue weighted by atomic mass is 32.1. The number of rotatable bonds is 4. The van der Waals surface area contributed by atoms with Crippen molar-refractivity contribution in [3.63, 3.8) is 0 Å². The number of nitrogens with zero attached hydrogens (tertiary/aromatic N) is 1. The van der Waals surface area contributed by atoms with Crippen LogP contribution in [0.1, 0.15) is 38.2 Å². The highest BCUT2D eigenvalue weighted by Gasteiger charge is 2.25. The van der Waals surface area contributed by atoms with Crippen LogP contribution in [0.4, 0.5) is 4.79 Å². The van der Waals surface area contributed by atoms with E-state index in [0.29, 0.717) is 12.6 Å². The molecule has 23 heavy (non-hydrogen) atoms. The summed E-state index contributed by atoms with van der Waals surface area (Å²) in [4.78, 5) is 14.3. The molecule has 1 aromatic heterocycles. The molecule has 2 aromatic rings. The van der Waals surface area contributed by atoms with E-state index in [9.17, 15) is 4.79 Å². The van der Waals surface area contributed by atoms with E-state index in [1.54, 1.807) is 11.3 Å². The first-order valence-corrected chi connectivity index (χ1v) is 9.49. The van der Waals surface area contributed by atoms with Gasteiger partial charge in [-0.05, 0) is 47.6 Å². The number of urea groups is 1. The normalized spacial score (nSPS) is 21.3. The smallest absolute Gasteiger partial charge is 0.317 e. The molecule has 2 amide bonds. The van der Waals surface area contributed by atoms with Gasteiger partial charge >= 0.3 is 6.03 Å². The molecule has 1 heterocycles. The summed E-state index contributed by atoms with van der Waals surface area (Å²) in [5.74, 6) is 0.737. The van der Waals surface area contributed by atoms with E-state index in [-0.39, 0.29) is 6.03 Å². The first-order valence-electron chi connectivity index (χ1n) is 8.61.